The molecule has 8 nitrogen and oxygen atoms in total. The Hall–Kier alpha value is -3.02. The van der Waals surface area contributed by atoms with E-state index in [1.807, 2.05) is 11.8 Å². The fourth-order valence-electron chi connectivity index (χ4n) is 5.03. The molecule has 1 N–H and O–H groups in total. The van der Waals surface area contributed by atoms with Crippen molar-refractivity contribution in [3.8, 4) is 0 Å². The maximum atomic E-state index is 14.9. The van der Waals surface area contributed by atoms with Crippen LogP contribution in [0.5, 0.6) is 0 Å². The quantitative estimate of drug-likeness (QED) is 0.470. The van der Waals surface area contributed by atoms with Crippen molar-refractivity contribution in [2.24, 2.45) is 4.36 Å². The fraction of sp³-hybridized carbons (Fsp3) is 0.346. The Morgan fingerprint density at radius 1 is 1.22 bits per heavy atom. The Labute approximate surface area is 220 Å². The number of hydrogen-bond donors (Lipinski definition) is 1. The molecular weight excluding hydrogens is 509 g/mol. The van der Waals surface area contributed by atoms with Gasteiger partial charge in [0.15, 0.2) is 5.82 Å². The van der Waals surface area contributed by atoms with E-state index in [1.54, 1.807) is 41.8 Å². The predicted octanol–water partition coefficient (Wildman–Crippen LogP) is 5.46. The number of nitrogens with zero attached hydrogens (tertiary/aromatic N) is 6. The molecule has 0 fully saturated rings. The van der Waals surface area contributed by atoms with Crippen molar-refractivity contribution in [1.82, 2.24) is 19.9 Å². The van der Waals surface area contributed by atoms with Crippen LogP contribution in [-0.2, 0) is 16.3 Å². The zero-order chi connectivity index (χ0) is 25.7. The van der Waals surface area contributed by atoms with Gasteiger partial charge in [-0.3, -0.25) is 4.90 Å². The third-order valence-corrected chi connectivity index (χ3v) is 8.15. The lowest BCUT2D eigenvalue weighted by Crippen LogP contribution is -2.26. The maximum absolute atomic E-state index is 14.9. The highest BCUT2D eigenvalue weighted by Gasteiger charge is 2.33. The van der Waals surface area contributed by atoms with E-state index in [9.17, 15) is 8.60 Å². The van der Waals surface area contributed by atoms with Crippen molar-refractivity contribution in [2.45, 2.75) is 24.0 Å². The van der Waals surface area contributed by atoms with Crippen LogP contribution in [0.1, 0.15) is 29.3 Å². The van der Waals surface area contributed by atoms with Gasteiger partial charge in [-0.15, -0.1) is 11.8 Å². The smallest absolute Gasteiger partial charge is 0.229 e. The number of benzene rings is 1. The van der Waals surface area contributed by atoms with Crippen molar-refractivity contribution < 1.29 is 8.60 Å². The summed E-state index contributed by atoms with van der Waals surface area (Å²) in [7, 11) is -0.230. The van der Waals surface area contributed by atoms with Crippen LogP contribution < -0.4 is 10.2 Å². The van der Waals surface area contributed by atoms with Gasteiger partial charge in [0.1, 0.15) is 17.8 Å². The second-order valence-electron chi connectivity index (χ2n) is 9.85. The summed E-state index contributed by atoms with van der Waals surface area (Å²) in [5.41, 5.74) is 5.39. The van der Waals surface area contributed by atoms with Gasteiger partial charge in [0, 0.05) is 63.4 Å². The number of alkyl halides is 1. The Morgan fingerprint density at radius 2 is 2.08 bits per heavy atom. The summed E-state index contributed by atoms with van der Waals surface area (Å²) in [6.45, 7) is 1.93. The molecule has 0 saturated carbocycles. The molecule has 0 spiro atoms. The number of hydrogen-bond acceptors (Lipinski definition) is 9. The van der Waals surface area contributed by atoms with Gasteiger partial charge < -0.3 is 10.2 Å². The molecule has 1 unspecified atom stereocenters. The van der Waals surface area contributed by atoms with E-state index in [4.69, 9.17) is 4.98 Å². The van der Waals surface area contributed by atoms with E-state index in [1.165, 1.54) is 21.6 Å². The van der Waals surface area contributed by atoms with E-state index in [0.29, 0.717) is 29.0 Å². The maximum Gasteiger partial charge on any atom is 0.229 e. The van der Waals surface area contributed by atoms with Gasteiger partial charge in [-0.1, -0.05) is 12.1 Å². The number of pyridine rings is 1. The van der Waals surface area contributed by atoms with Crippen LogP contribution >= 0.6 is 11.8 Å². The second kappa shape index (κ2) is 9.38. The Bertz CT molecular complexity index is 1540. The van der Waals surface area contributed by atoms with Crippen LogP contribution in [-0.4, -0.2) is 62.5 Å². The Morgan fingerprint density at radius 3 is 2.92 bits per heavy atom. The van der Waals surface area contributed by atoms with E-state index < -0.39 is 15.9 Å². The van der Waals surface area contributed by atoms with Crippen LogP contribution in [0, 0.1) is 0 Å². The first kappa shape index (κ1) is 24.3. The number of aromatic nitrogens is 3. The first-order valence-electron chi connectivity index (χ1n) is 12.1. The van der Waals surface area contributed by atoms with Crippen molar-refractivity contribution >= 4 is 56.2 Å². The normalized spacial score (nSPS) is 19.1. The molecule has 2 aromatic heterocycles. The predicted molar refractivity (Wildman–Crippen MR) is 149 cm³/mol. The molecular formula is C26H28FN7OS2. The van der Waals surface area contributed by atoms with Gasteiger partial charge in [-0.25, -0.2) is 18.6 Å². The molecule has 3 aliphatic rings. The minimum absolute atomic E-state index is 0.0820. The summed E-state index contributed by atoms with van der Waals surface area (Å²) in [5.74, 6) is 2.77. The van der Waals surface area contributed by atoms with Crippen LogP contribution in [0.3, 0.4) is 0 Å². The number of halogens is 1. The third-order valence-electron chi connectivity index (χ3n) is 6.45. The standard InChI is InChI=1S/C26H28FN7OS2/c1-33-13-16-6-5-9-36-21-11-18(10-17(14-33)24(16)21)29-26-28-12-19-20(27)15-34(25(19)31-26)23-8-4-7-22(30-23)32-37(2,3)35/h4,6-8,10-12,20H,5,9,13-15H2,1-3H3,(H,28,29,31). The molecule has 3 aromatic rings. The first-order chi connectivity index (χ1) is 17.7. The van der Waals surface area contributed by atoms with Crippen LogP contribution in [0.2, 0.25) is 0 Å². The van der Waals surface area contributed by atoms with Crippen LogP contribution in [0.25, 0.3) is 5.57 Å². The van der Waals surface area contributed by atoms with Gasteiger partial charge in [0.25, 0.3) is 0 Å². The second-order valence-corrected chi connectivity index (χ2v) is 13.5. The molecule has 0 radical (unpaired) electrons. The molecule has 6 rings (SSSR count). The lowest BCUT2D eigenvalue weighted by molar-refractivity contribution is 0.358. The van der Waals surface area contributed by atoms with Crippen molar-refractivity contribution in [3.05, 3.63) is 59.3 Å². The number of likely N-dealkylation sites (N-methyl/N-ethyl adjacent to an activating group) is 1. The van der Waals surface area contributed by atoms with Gasteiger partial charge >= 0.3 is 0 Å². The fourth-order valence-corrected chi connectivity index (χ4v) is 6.65. The molecule has 37 heavy (non-hydrogen) atoms. The molecule has 0 saturated heterocycles. The molecule has 0 amide bonds. The number of anilines is 4. The minimum Gasteiger partial charge on any atom is -0.324 e. The average molecular weight is 538 g/mol. The molecule has 3 aliphatic heterocycles. The number of allylic oxidation sites excluding steroid dienone is 1. The number of nitrogens with one attached hydrogen (secondary N) is 1. The van der Waals surface area contributed by atoms with Gasteiger partial charge in [-0.2, -0.15) is 9.35 Å². The molecule has 5 heterocycles. The molecule has 192 valence electrons. The number of rotatable bonds is 4. The molecule has 0 bridgehead atoms. The van der Waals surface area contributed by atoms with Crippen molar-refractivity contribution in [1.29, 1.82) is 0 Å². The van der Waals surface area contributed by atoms with Crippen molar-refractivity contribution in [3.63, 3.8) is 0 Å². The SMILES string of the molecule is CN1CC2=CCCSc3cc(Nc4ncc5c(n4)N(c4cccc(N=S(C)(C)=O)n4)CC5F)cc(c32)C1. The van der Waals surface area contributed by atoms with E-state index >= 15 is 0 Å². The summed E-state index contributed by atoms with van der Waals surface area (Å²) in [6.07, 6.45) is 6.85. The van der Waals surface area contributed by atoms with Crippen LogP contribution in [0.4, 0.5) is 33.5 Å². The highest BCUT2D eigenvalue weighted by molar-refractivity contribution is 7.99. The Kier molecular flexibility index (Phi) is 6.16. The highest BCUT2D eigenvalue weighted by atomic mass is 32.2. The lowest BCUT2D eigenvalue weighted by atomic mass is 9.94. The molecule has 1 atom stereocenters. The monoisotopic (exact) mass is 537 g/mol. The van der Waals surface area contributed by atoms with Crippen LogP contribution in [0.15, 0.2) is 51.9 Å². The third kappa shape index (κ3) is 4.95. The largest absolute Gasteiger partial charge is 0.324 e. The Balaban J connectivity index is 1.34. The van der Waals surface area contributed by atoms with Gasteiger partial charge in [0.05, 0.1) is 6.54 Å². The minimum atomic E-state index is -2.37. The summed E-state index contributed by atoms with van der Waals surface area (Å²) in [6, 6.07) is 9.57. The summed E-state index contributed by atoms with van der Waals surface area (Å²) in [4.78, 5) is 19.0. The molecule has 1 aromatic carbocycles. The highest BCUT2D eigenvalue weighted by Crippen LogP contribution is 2.42. The molecule has 11 heteroatoms. The number of fused-ring (bicyclic) bond motifs is 1. The van der Waals surface area contributed by atoms with E-state index in [-0.39, 0.29) is 6.54 Å². The topological polar surface area (TPSA) is 86.6 Å². The average Bonchev–Trinajstić information content (AvgIpc) is 3.01. The molecule has 0 aliphatic carbocycles. The van der Waals surface area contributed by atoms with Gasteiger partial charge in [0.2, 0.25) is 5.95 Å². The van der Waals surface area contributed by atoms with E-state index in [2.05, 4.69) is 49.8 Å². The zero-order valence-corrected chi connectivity index (χ0v) is 22.6. The van der Waals surface area contributed by atoms with Crippen molar-refractivity contribution in [2.75, 3.05) is 48.6 Å². The zero-order valence-electron chi connectivity index (χ0n) is 20.9. The lowest BCUT2D eigenvalue weighted by Gasteiger charge is -2.29. The van der Waals surface area contributed by atoms with Gasteiger partial charge in [-0.05, 0) is 54.4 Å². The summed E-state index contributed by atoms with van der Waals surface area (Å²) < 4.78 is 31.3. The summed E-state index contributed by atoms with van der Waals surface area (Å²) in [5, 5.41) is 3.36. The number of thioether (sulfide) groups is 1. The summed E-state index contributed by atoms with van der Waals surface area (Å²) >= 11 is 1.88. The first-order valence-corrected chi connectivity index (χ1v) is 15.4. The van der Waals surface area contributed by atoms with E-state index in [0.717, 1.165) is 31.0 Å².